The summed E-state index contributed by atoms with van der Waals surface area (Å²) in [7, 11) is -3.83. The van der Waals surface area contributed by atoms with Crippen LogP contribution in [0.15, 0.2) is 29.8 Å². The lowest BCUT2D eigenvalue weighted by atomic mass is 9.86. The number of aryl methyl sites for hydroxylation is 1. The number of aromatic nitrogens is 1. The van der Waals surface area contributed by atoms with Crippen LogP contribution in [0, 0.1) is 18.3 Å². The number of β-amino-alcohol motifs (C(OH)–C–C–N with tert-alkyl or cyclic N) is 1. The summed E-state index contributed by atoms with van der Waals surface area (Å²) < 4.78 is 33.9. The lowest BCUT2D eigenvalue weighted by Gasteiger charge is -2.35. The van der Waals surface area contributed by atoms with Crippen LogP contribution in [0.5, 0.6) is 0 Å². The van der Waals surface area contributed by atoms with Gasteiger partial charge in [0.2, 0.25) is 21.8 Å². The molecule has 1 saturated heterocycles. The van der Waals surface area contributed by atoms with Crippen LogP contribution in [0.4, 0.5) is 0 Å². The van der Waals surface area contributed by atoms with Crippen LogP contribution in [0.2, 0.25) is 0 Å². The molecule has 2 amide bonds. The predicted molar refractivity (Wildman–Crippen MR) is 159 cm³/mol. The van der Waals surface area contributed by atoms with Gasteiger partial charge in [0.25, 0.3) is 0 Å². The number of thiazole rings is 1. The molecule has 3 atom stereocenters. The van der Waals surface area contributed by atoms with Crippen molar-refractivity contribution in [2.75, 3.05) is 25.5 Å². The first kappa shape index (κ1) is 31.6. The molecule has 1 aromatic heterocycles. The summed E-state index contributed by atoms with van der Waals surface area (Å²) in [6.45, 7) is 8.08. The molecule has 0 radical (unpaired) electrons. The zero-order valence-electron chi connectivity index (χ0n) is 24.3. The molecule has 1 aliphatic heterocycles. The summed E-state index contributed by atoms with van der Waals surface area (Å²) in [4.78, 5) is 33.6. The number of ether oxygens (including phenoxy) is 1. The van der Waals surface area contributed by atoms with Gasteiger partial charge in [0.15, 0.2) is 0 Å². The molecular weight excluding hydrogens is 564 g/mol. The van der Waals surface area contributed by atoms with E-state index in [0.717, 1.165) is 34.5 Å². The van der Waals surface area contributed by atoms with Gasteiger partial charge in [0.1, 0.15) is 12.1 Å². The third-order valence-corrected chi connectivity index (χ3v) is 10.1. The summed E-state index contributed by atoms with van der Waals surface area (Å²) in [6.07, 6.45) is 2.62. The third-order valence-electron chi connectivity index (χ3n) is 7.78. The van der Waals surface area contributed by atoms with Gasteiger partial charge in [-0.3, -0.25) is 9.59 Å². The van der Waals surface area contributed by atoms with Crippen molar-refractivity contribution >= 4 is 33.2 Å². The van der Waals surface area contributed by atoms with Crippen LogP contribution >= 0.6 is 11.3 Å². The molecule has 12 heteroatoms. The Hall–Kier alpha value is -2.38. The molecule has 1 aromatic carbocycles. The van der Waals surface area contributed by atoms with E-state index >= 15 is 0 Å². The molecule has 0 unspecified atom stereocenters. The van der Waals surface area contributed by atoms with Gasteiger partial charge in [0.05, 0.1) is 34.5 Å². The minimum absolute atomic E-state index is 0.0430. The minimum atomic E-state index is -3.83. The van der Waals surface area contributed by atoms with Gasteiger partial charge in [-0.2, -0.15) is 0 Å². The van der Waals surface area contributed by atoms with Gasteiger partial charge in [0, 0.05) is 26.1 Å². The van der Waals surface area contributed by atoms with Crippen molar-refractivity contribution in [3.05, 3.63) is 41.0 Å². The van der Waals surface area contributed by atoms with Crippen molar-refractivity contribution in [1.29, 1.82) is 0 Å². The average Bonchev–Trinajstić information content (AvgIpc) is 3.49. The average molecular weight is 607 g/mol. The molecule has 3 N–H and O–H groups in total. The normalized spacial score (nSPS) is 20.6. The van der Waals surface area contributed by atoms with E-state index in [9.17, 15) is 23.1 Å². The molecule has 226 valence electrons. The highest BCUT2D eigenvalue weighted by atomic mass is 32.2. The molecule has 1 aliphatic carbocycles. The number of benzene rings is 1. The Morgan fingerprint density at radius 1 is 1.22 bits per heavy atom. The van der Waals surface area contributed by atoms with E-state index < -0.39 is 45.4 Å². The van der Waals surface area contributed by atoms with Crippen molar-refractivity contribution in [3.8, 4) is 10.4 Å². The molecule has 0 bridgehead atoms. The molecule has 1 saturated carbocycles. The maximum absolute atomic E-state index is 13.7. The SMILES string of the molecule is Cc1ncsc1-c1ccc(CNC(=O)[C@@H]2C[C@@H](O)CN2C(=O)[C@H](NS(=O)(=O)CCOCC2CCC2)C(C)(C)C)cc1. The van der Waals surface area contributed by atoms with Crippen LogP contribution in [0.1, 0.15) is 57.7 Å². The van der Waals surface area contributed by atoms with Gasteiger partial charge in [-0.05, 0) is 42.2 Å². The minimum Gasteiger partial charge on any atom is -0.391 e. The first-order valence-corrected chi connectivity index (χ1v) is 16.7. The number of carbonyl (C=O) groups is 2. The first-order valence-electron chi connectivity index (χ1n) is 14.2. The number of aliphatic hydroxyl groups excluding tert-OH is 1. The maximum Gasteiger partial charge on any atom is 0.243 e. The van der Waals surface area contributed by atoms with Gasteiger partial charge in [-0.15, -0.1) is 11.3 Å². The van der Waals surface area contributed by atoms with E-state index in [2.05, 4.69) is 15.0 Å². The van der Waals surface area contributed by atoms with Crippen LogP contribution < -0.4 is 10.0 Å². The van der Waals surface area contributed by atoms with Crippen LogP contribution in [0.3, 0.4) is 0 Å². The fraction of sp³-hybridized carbons (Fsp3) is 0.621. The highest BCUT2D eigenvalue weighted by molar-refractivity contribution is 7.89. The quantitative estimate of drug-likeness (QED) is 0.316. The smallest absolute Gasteiger partial charge is 0.243 e. The van der Waals surface area contributed by atoms with Gasteiger partial charge in [-0.1, -0.05) is 51.5 Å². The number of aliphatic hydroxyl groups is 1. The number of hydrogen-bond acceptors (Lipinski definition) is 8. The second kappa shape index (κ2) is 13.3. The van der Waals surface area contributed by atoms with Gasteiger partial charge < -0.3 is 20.1 Å². The second-order valence-electron chi connectivity index (χ2n) is 12.2. The van der Waals surface area contributed by atoms with E-state index in [0.29, 0.717) is 12.5 Å². The molecule has 10 nitrogen and oxygen atoms in total. The van der Waals surface area contributed by atoms with Crippen molar-refractivity contribution < 1.29 is 27.9 Å². The molecule has 2 aliphatic rings. The Morgan fingerprint density at radius 2 is 1.93 bits per heavy atom. The number of sulfonamides is 1. The molecule has 41 heavy (non-hydrogen) atoms. The lowest BCUT2D eigenvalue weighted by Crippen LogP contribution is -2.58. The van der Waals surface area contributed by atoms with Crippen molar-refractivity contribution in [2.24, 2.45) is 11.3 Å². The van der Waals surface area contributed by atoms with Crippen LogP contribution in [-0.2, 0) is 30.9 Å². The highest BCUT2D eigenvalue weighted by Gasteiger charge is 2.45. The summed E-state index contributed by atoms with van der Waals surface area (Å²) >= 11 is 1.57. The fourth-order valence-corrected chi connectivity index (χ4v) is 7.13. The Bertz CT molecular complexity index is 1300. The third kappa shape index (κ3) is 8.35. The number of nitrogens with zero attached hydrogens (tertiary/aromatic N) is 2. The van der Waals surface area contributed by atoms with Crippen molar-refractivity contribution in [1.82, 2.24) is 19.9 Å². The van der Waals surface area contributed by atoms with E-state index in [1.54, 1.807) is 32.1 Å². The van der Waals surface area contributed by atoms with Crippen LogP contribution in [-0.4, -0.2) is 78.9 Å². The number of nitrogens with one attached hydrogen (secondary N) is 2. The number of likely N-dealkylation sites (tertiary alicyclic amines) is 1. The summed E-state index contributed by atoms with van der Waals surface area (Å²) in [6, 6.07) is 5.81. The second-order valence-corrected chi connectivity index (χ2v) is 14.9. The topological polar surface area (TPSA) is 138 Å². The summed E-state index contributed by atoms with van der Waals surface area (Å²) in [5, 5.41) is 13.3. The van der Waals surface area contributed by atoms with E-state index in [1.165, 1.54) is 11.3 Å². The monoisotopic (exact) mass is 606 g/mol. The largest absolute Gasteiger partial charge is 0.391 e. The zero-order chi connectivity index (χ0) is 29.8. The Kier molecular flexibility index (Phi) is 10.2. The Morgan fingerprint density at radius 3 is 2.51 bits per heavy atom. The fourth-order valence-electron chi connectivity index (χ4n) is 5.05. The zero-order valence-corrected chi connectivity index (χ0v) is 25.9. The van der Waals surface area contributed by atoms with Gasteiger partial charge >= 0.3 is 0 Å². The molecule has 2 fully saturated rings. The molecule has 2 heterocycles. The predicted octanol–water partition coefficient (Wildman–Crippen LogP) is 2.85. The van der Waals surface area contributed by atoms with Gasteiger partial charge in [-0.25, -0.2) is 18.1 Å². The lowest BCUT2D eigenvalue weighted by molar-refractivity contribution is -0.141. The molecule has 0 spiro atoms. The number of amides is 2. The molecule has 2 aromatic rings. The maximum atomic E-state index is 13.7. The number of carbonyl (C=O) groups excluding carboxylic acids is 2. The van der Waals surface area contributed by atoms with E-state index in [1.807, 2.05) is 36.7 Å². The summed E-state index contributed by atoms with van der Waals surface area (Å²) in [5.41, 5.74) is 3.94. The number of hydrogen-bond donors (Lipinski definition) is 3. The first-order chi connectivity index (χ1) is 19.3. The summed E-state index contributed by atoms with van der Waals surface area (Å²) in [5.74, 6) is -0.672. The Balaban J connectivity index is 1.37. The highest BCUT2D eigenvalue weighted by Crippen LogP contribution is 2.29. The standard InChI is InChI=1S/C29H42N4O6S2/c1-19-25(40-18-31-19)22-10-8-20(9-11-22)15-30-27(35)24-14-23(34)16-33(24)28(36)26(29(2,3)4)32-41(37,38)13-12-39-17-21-6-5-7-21/h8-11,18,21,23-24,26,32,34H,5-7,12-17H2,1-4H3,(H,30,35)/t23-,24+,26+/m1/s1. The van der Waals surface area contributed by atoms with Crippen molar-refractivity contribution in [3.63, 3.8) is 0 Å². The van der Waals surface area contributed by atoms with E-state index in [4.69, 9.17) is 4.74 Å². The Labute approximate surface area is 246 Å². The molecular formula is C29H42N4O6S2. The molecule has 4 rings (SSSR count). The van der Waals surface area contributed by atoms with Crippen LogP contribution in [0.25, 0.3) is 10.4 Å². The number of rotatable bonds is 12. The van der Waals surface area contributed by atoms with Crippen molar-refractivity contribution in [2.45, 2.75) is 78.1 Å². The van der Waals surface area contributed by atoms with E-state index in [-0.39, 0.29) is 31.9 Å².